The van der Waals surface area contributed by atoms with Crippen molar-refractivity contribution in [1.29, 1.82) is 0 Å². The number of amides is 1. The molecule has 21 heavy (non-hydrogen) atoms. The van der Waals surface area contributed by atoms with Crippen LogP contribution in [-0.4, -0.2) is 39.9 Å². The molecule has 0 bridgehead atoms. The summed E-state index contributed by atoms with van der Waals surface area (Å²) >= 11 is 0. The normalized spacial score (nSPS) is 25.0. The molecule has 0 aromatic carbocycles. The summed E-state index contributed by atoms with van der Waals surface area (Å²) in [7, 11) is 0. The zero-order valence-corrected chi connectivity index (χ0v) is 12.3. The van der Waals surface area contributed by atoms with E-state index < -0.39 is 35.1 Å². The molecule has 0 aromatic rings. The van der Waals surface area contributed by atoms with Crippen molar-refractivity contribution < 1.29 is 29.3 Å². The molecule has 0 saturated carbocycles. The molecule has 1 amide bonds. The van der Waals surface area contributed by atoms with E-state index in [4.69, 9.17) is 4.74 Å². The van der Waals surface area contributed by atoms with Gasteiger partial charge in [0.1, 0.15) is 11.0 Å². The standard InChI is InChI=1S/C14H19NO6/c1-13(2,3)21-12(20)15-9-8(10(16)17)6-5-7-14(9,4)11(18)19/h5-7,9H,1-4H3,(H,15,20)(H,16,17)(H,18,19)/t9?,14-/m1/s1. The minimum Gasteiger partial charge on any atom is -0.481 e. The van der Waals surface area contributed by atoms with Crippen LogP contribution in [0.25, 0.3) is 0 Å². The Balaban J connectivity index is 3.09. The maximum Gasteiger partial charge on any atom is 0.408 e. The Morgan fingerprint density at radius 1 is 1.29 bits per heavy atom. The minimum absolute atomic E-state index is 0.215. The van der Waals surface area contributed by atoms with Crippen molar-refractivity contribution in [2.24, 2.45) is 5.41 Å². The Kier molecular flexibility index (Phi) is 4.46. The van der Waals surface area contributed by atoms with Gasteiger partial charge in [0.15, 0.2) is 0 Å². The maximum absolute atomic E-state index is 11.8. The van der Waals surface area contributed by atoms with E-state index in [9.17, 15) is 24.6 Å². The lowest BCUT2D eigenvalue weighted by molar-refractivity contribution is -0.146. The second kappa shape index (κ2) is 5.59. The Morgan fingerprint density at radius 2 is 1.86 bits per heavy atom. The number of rotatable bonds is 3. The van der Waals surface area contributed by atoms with Crippen LogP contribution < -0.4 is 5.32 Å². The van der Waals surface area contributed by atoms with E-state index in [-0.39, 0.29) is 5.57 Å². The van der Waals surface area contributed by atoms with E-state index in [1.165, 1.54) is 25.2 Å². The van der Waals surface area contributed by atoms with Crippen molar-refractivity contribution in [3.05, 3.63) is 23.8 Å². The molecule has 0 saturated heterocycles. The third kappa shape index (κ3) is 3.84. The number of ether oxygens (including phenoxy) is 1. The molecular weight excluding hydrogens is 278 g/mol. The van der Waals surface area contributed by atoms with Crippen molar-refractivity contribution in [2.45, 2.75) is 39.3 Å². The molecular formula is C14H19NO6. The number of carboxylic acid groups (broad SMARTS) is 2. The molecule has 1 aliphatic rings. The third-order valence-electron chi connectivity index (χ3n) is 3.00. The van der Waals surface area contributed by atoms with Crippen molar-refractivity contribution >= 4 is 18.0 Å². The van der Waals surface area contributed by atoms with Gasteiger partial charge in [-0.1, -0.05) is 12.2 Å². The summed E-state index contributed by atoms with van der Waals surface area (Å²) in [4.78, 5) is 34.5. The van der Waals surface area contributed by atoms with Crippen LogP contribution in [0.1, 0.15) is 27.7 Å². The summed E-state index contributed by atoms with van der Waals surface area (Å²) in [5.74, 6) is -2.54. The molecule has 116 valence electrons. The maximum atomic E-state index is 11.8. The van der Waals surface area contributed by atoms with E-state index in [1.807, 2.05) is 0 Å². The minimum atomic E-state index is -1.57. The smallest absolute Gasteiger partial charge is 0.408 e. The Morgan fingerprint density at radius 3 is 2.29 bits per heavy atom. The van der Waals surface area contributed by atoms with Gasteiger partial charge in [-0.15, -0.1) is 0 Å². The van der Waals surface area contributed by atoms with E-state index in [2.05, 4.69) is 5.32 Å². The SMILES string of the molecule is CC(C)(C)OC(=O)NC1C(C(=O)O)=CC=C[C@@]1(C)C(=O)O. The zero-order chi connectivity index (χ0) is 16.4. The molecule has 0 spiro atoms. The second-order valence-corrected chi connectivity index (χ2v) is 5.95. The molecule has 0 fully saturated rings. The number of carbonyl (C=O) groups is 3. The van der Waals surface area contributed by atoms with E-state index in [0.717, 1.165) is 0 Å². The molecule has 1 aliphatic carbocycles. The fourth-order valence-corrected chi connectivity index (χ4v) is 1.91. The van der Waals surface area contributed by atoms with Crippen LogP contribution in [0.2, 0.25) is 0 Å². The molecule has 2 atom stereocenters. The average Bonchev–Trinajstić information content (AvgIpc) is 2.28. The van der Waals surface area contributed by atoms with Crippen LogP contribution in [0, 0.1) is 5.41 Å². The summed E-state index contributed by atoms with van der Waals surface area (Å²) in [5.41, 5.74) is -2.56. The van der Waals surface area contributed by atoms with Gasteiger partial charge >= 0.3 is 18.0 Å². The first-order chi connectivity index (χ1) is 9.47. The van der Waals surface area contributed by atoms with Crippen LogP contribution in [0.4, 0.5) is 4.79 Å². The fourth-order valence-electron chi connectivity index (χ4n) is 1.91. The summed E-state index contributed by atoms with van der Waals surface area (Å²) in [6.07, 6.45) is 3.08. The number of allylic oxidation sites excluding steroid dienone is 2. The highest BCUT2D eigenvalue weighted by Gasteiger charge is 2.46. The first-order valence-corrected chi connectivity index (χ1v) is 6.33. The molecule has 1 rings (SSSR count). The highest BCUT2D eigenvalue weighted by Crippen LogP contribution is 2.32. The highest BCUT2D eigenvalue weighted by molar-refractivity contribution is 5.93. The van der Waals surface area contributed by atoms with Crippen LogP contribution >= 0.6 is 0 Å². The van der Waals surface area contributed by atoms with Crippen LogP contribution in [0.5, 0.6) is 0 Å². The van der Waals surface area contributed by atoms with E-state index >= 15 is 0 Å². The first-order valence-electron chi connectivity index (χ1n) is 6.33. The average molecular weight is 297 g/mol. The molecule has 0 radical (unpaired) electrons. The lowest BCUT2D eigenvalue weighted by Crippen LogP contribution is -2.53. The highest BCUT2D eigenvalue weighted by atomic mass is 16.6. The predicted molar refractivity (Wildman–Crippen MR) is 73.8 cm³/mol. The number of hydrogen-bond donors (Lipinski definition) is 3. The van der Waals surface area contributed by atoms with Gasteiger partial charge in [0.05, 0.1) is 11.6 Å². The van der Waals surface area contributed by atoms with E-state index in [0.29, 0.717) is 0 Å². The van der Waals surface area contributed by atoms with Gasteiger partial charge in [0.25, 0.3) is 0 Å². The number of aliphatic carboxylic acids is 2. The van der Waals surface area contributed by atoms with Gasteiger partial charge in [-0.25, -0.2) is 9.59 Å². The summed E-state index contributed by atoms with van der Waals surface area (Å²) in [5, 5.41) is 20.9. The number of hydrogen-bond acceptors (Lipinski definition) is 4. The molecule has 7 nitrogen and oxygen atoms in total. The van der Waals surface area contributed by atoms with Crippen LogP contribution in [0.15, 0.2) is 23.8 Å². The fraction of sp³-hybridized carbons (Fsp3) is 0.500. The van der Waals surface area contributed by atoms with Gasteiger partial charge in [0, 0.05) is 0 Å². The Labute approximate surface area is 122 Å². The largest absolute Gasteiger partial charge is 0.481 e. The molecule has 1 unspecified atom stereocenters. The molecule has 0 aliphatic heterocycles. The first kappa shape index (κ1) is 16.7. The van der Waals surface area contributed by atoms with Crippen molar-refractivity contribution in [1.82, 2.24) is 5.32 Å². The number of alkyl carbamates (subject to hydrolysis) is 1. The summed E-state index contributed by atoms with van der Waals surface area (Å²) in [6.45, 7) is 6.29. The van der Waals surface area contributed by atoms with Gasteiger partial charge < -0.3 is 20.3 Å². The van der Waals surface area contributed by atoms with Gasteiger partial charge in [-0.3, -0.25) is 4.79 Å². The van der Waals surface area contributed by atoms with Crippen LogP contribution in [0.3, 0.4) is 0 Å². The molecule has 0 aromatic heterocycles. The van der Waals surface area contributed by atoms with Crippen molar-refractivity contribution in [3.8, 4) is 0 Å². The van der Waals surface area contributed by atoms with Gasteiger partial charge in [-0.05, 0) is 33.8 Å². The molecule has 7 heteroatoms. The molecule has 0 heterocycles. The van der Waals surface area contributed by atoms with E-state index in [1.54, 1.807) is 20.8 Å². The lowest BCUT2D eigenvalue weighted by Gasteiger charge is -2.34. The number of carboxylic acids is 2. The number of nitrogens with one attached hydrogen (secondary N) is 1. The van der Waals surface area contributed by atoms with Crippen molar-refractivity contribution in [3.63, 3.8) is 0 Å². The van der Waals surface area contributed by atoms with Gasteiger partial charge in [0.2, 0.25) is 0 Å². The molecule has 3 N–H and O–H groups in total. The topological polar surface area (TPSA) is 113 Å². The Bertz CT molecular complexity index is 528. The summed E-state index contributed by atoms with van der Waals surface area (Å²) in [6, 6.07) is -1.23. The van der Waals surface area contributed by atoms with Crippen LogP contribution in [-0.2, 0) is 14.3 Å². The quantitative estimate of drug-likeness (QED) is 0.728. The second-order valence-electron chi connectivity index (χ2n) is 5.95. The predicted octanol–water partition coefficient (Wildman–Crippen LogP) is 1.55. The lowest BCUT2D eigenvalue weighted by atomic mass is 9.75. The number of carbonyl (C=O) groups excluding carboxylic acids is 1. The van der Waals surface area contributed by atoms with Crippen molar-refractivity contribution in [2.75, 3.05) is 0 Å². The third-order valence-corrected chi connectivity index (χ3v) is 3.00. The van der Waals surface area contributed by atoms with Gasteiger partial charge in [-0.2, -0.15) is 0 Å². The summed E-state index contributed by atoms with van der Waals surface area (Å²) < 4.78 is 5.05. The monoisotopic (exact) mass is 297 g/mol. The zero-order valence-electron chi connectivity index (χ0n) is 12.3. The Hall–Kier alpha value is -2.31.